The van der Waals surface area contributed by atoms with Gasteiger partial charge < -0.3 is 9.84 Å². The molecule has 0 radical (unpaired) electrons. The van der Waals surface area contributed by atoms with Crippen LogP contribution in [0.3, 0.4) is 0 Å². The standard InChI is InChI=1S/C20H17FN2O3S2/c21-14-5-3-13(4-6-14)17-11-28-19-18(17)20(25)23(12-22-19)8-15(24)9-26-10-16-2-1-7-27-16/h1-7,11-12,15,24H,8-10H2/t15-/m0/s1. The summed E-state index contributed by atoms with van der Waals surface area (Å²) in [6.45, 7) is 0.641. The van der Waals surface area contributed by atoms with E-state index >= 15 is 0 Å². The molecule has 144 valence electrons. The van der Waals surface area contributed by atoms with Gasteiger partial charge in [0.25, 0.3) is 5.56 Å². The average molecular weight is 416 g/mol. The summed E-state index contributed by atoms with van der Waals surface area (Å²) in [4.78, 5) is 19.0. The zero-order valence-corrected chi connectivity index (χ0v) is 16.4. The number of thiophene rings is 2. The fourth-order valence-corrected chi connectivity index (χ4v) is 4.46. The number of fused-ring (bicyclic) bond motifs is 1. The van der Waals surface area contributed by atoms with Gasteiger partial charge in [0.1, 0.15) is 10.6 Å². The van der Waals surface area contributed by atoms with Gasteiger partial charge in [0, 0.05) is 15.8 Å². The molecule has 0 amide bonds. The Morgan fingerprint density at radius 1 is 1.21 bits per heavy atom. The third-order valence-electron chi connectivity index (χ3n) is 4.26. The van der Waals surface area contributed by atoms with Gasteiger partial charge in [-0.15, -0.1) is 22.7 Å². The van der Waals surface area contributed by atoms with E-state index in [0.29, 0.717) is 16.8 Å². The van der Waals surface area contributed by atoms with Crippen LogP contribution in [0.15, 0.2) is 58.3 Å². The van der Waals surface area contributed by atoms with Crippen molar-refractivity contribution in [2.75, 3.05) is 6.61 Å². The van der Waals surface area contributed by atoms with Crippen molar-refractivity contribution in [3.8, 4) is 11.1 Å². The lowest BCUT2D eigenvalue weighted by Gasteiger charge is -2.13. The molecular formula is C20H17FN2O3S2. The lowest BCUT2D eigenvalue weighted by molar-refractivity contribution is 0.0207. The molecule has 0 bridgehead atoms. The molecule has 5 nitrogen and oxygen atoms in total. The lowest BCUT2D eigenvalue weighted by Crippen LogP contribution is -2.29. The Kier molecular flexibility index (Phi) is 5.63. The number of hydrogen-bond acceptors (Lipinski definition) is 6. The molecule has 1 aromatic carbocycles. The fraction of sp³-hybridized carbons (Fsp3) is 0.200. The first kappa shape index (κ1) is 18.9. The lowest BCUT2D eigenvalue weighted by atomic mass is 10.1. The van der Waals surface area contributed by atoms with Crippen molar-refractivity contribution in [3.63, 3.8) is 0 Å². The molecule has 1 N–H and O–H groups in total. The summed E-state index contributed by atoms with van der Waals surface area (Å²) in [5.41, 5.74) is 1.24. The second-order valence-electron chi connectivity index (χ2n) is 6.29. The number of aliphatic hydroxyl groups excluding tert-OH is 1. The third-order valence-corrected chi connectivity index (χ3v) is 5.99. The predicted molar refractivity (Wildman–Crippen MR) is 109 cm³/mol. The van der Waals surface area contributed by atoms with E-state index in [0.717, 1.165) is 16.0 Å². The van der Waals surface area contributed by atoms with Crippen LogP contribution in [-0.4, -0.2) is 27.4 Å². The fourth-order valence-electron chi connectivity index (χ4n) is 2.91. The number of benzene rings is 1. The van der Waals surface area contributed by atoms with Gasteiger partial charge in [-0.3, -0.25) is 9.36 Å². The highest BCUT2D eigenvalue weighted by Crippen LogP contribution is 2.30. The first-order valence-corrected chi connectivity index (χ1v) is 10.4. The van der Waals surface area contributed by atoms with Gasteiger partial charge >= 0.3 is 0 Å². The Hall–Kier alpha value is -2.39. The SMILES string of the molecule is O=c1c2c(-c3ccc(F)cc3)csc2ncn1C[C@H](O)COCc1cccs1. The quantitative estimate of drug-likeness (QED) is 0.496. The molecule has 3 heterocycles. The van der Waals surface area contributed by atoms with Crippen molar-refractivity contribution in [2.45, 2.75) is 19.3 Å². The minimum atomic E-state index is -0.829. The van der Waals surface area contributed by atoms with E-state index < -0.39 is 6.10 Å². The summed E-state index contributed by atoms with van der Waals surface area (Å²) >= 11 is 2.95. The molecule has 0 aliphatic rings. The zero-order valence-electron chi connectivity index (χ0n) is 14.7. The maximum atomic E-state index is 13.2. The summed E-state index contributed by atoms with van der Waals surface area (Å²) < 4.78 is 20.1. The highest BCUT2D eigenvalue weighted by atomic mass is 32.1. The Labute approximate surface area is 168 Å². The summed E-state index contributed by atoms with van der Waals surface area (Å²) in [7, 11) is 0. The Morgan fingerprint density at radius 3 is 2.79 bits per heavy atom. The van der Waals surface area contributed by atoms with Crippen LogP contribution in [0.4, 0.5) is 4.39 Å². The van der Waals surface area contributed by atoms with Gasteiger partial charge in [0.2, 0.25) is 0 Å². The molecule has 8 heteroatoms. The van der Waals surface area contributed by atoms with E-state index in [1.165, 1.54) is 34.4 Å². The van der Waals surface area contributed by atoms with E-state index in [1.54, 1.807) is 23.5 Å². The molecule has 0 saturated carbocycles. The van der Waals surface area contributed by atoms with Crippen LogP contribution in [0.2, 0.25) is 0 Å². The van der Waals surface area contributed by atoms with Crippen LogP contribution < -0.4 is 5.56 Å². The highest BCUT2D eigenvalue weighted by molar-refractivity contribution is 7.17. The van der Waals surface area contributed by atoms with Crippen molar-refractivity contribution in [3.05, 3.63) is 74.5 Å². The first-order chi connectivity index (χ1) is 13.6. The summed E-state index contributed by atoms with van der Waals surface area (Å²) in [6, 6.07) is 9.92. The largest absolute Gasteiger partial charge is 0.389 e. The first-order valence-electron chi connectivity index (χ1n) is 8.62. The molecule has 0 aliphatic carbocycles. The second kappa shape index (κ2) is 8.32. The van der Waals surface area contributed by atoms with Gasteiger partial charge in [-0.25, -0.2) is 9.37 Å². The number of nitrogens with zero attached hydrogens (tertiary/aromatic N) is 2. The van der Waals surface area contributed by atoms with Crippen molar-refractivity contribution in [2.24, 2.45) is 0 Å². The molecule has 0 spiro atoms. The molecule has 0 aliphatic heterocycles. The van der Waals surface area contributed by atoms with Crippen molar-refractivity contribution >= 4 is 32.9 Å². The zero-order chi connectivity index (χ0) is 19.5. The molecule has 3 aromatic heterocycles. The van der Waals surface area contributed by atoms with Crippen LogP contribution in [0.5, 0.6) is 0 Å². The number of halogens is 1. The second-order valence-corrected chi connectivity index (χ2v) is 8.18. The summed E-state index contributed by atoms with van der Waals surface area (Å²) in [5, 5.41) is 14.5. The highest BCUT2D eigenvalue weighted by Gasteiger charge is 2.15. The number of hydrogen-bond donors (Lipinski definition) is 1. The molecule has 0 unspecified atom stereocenters. The molecule has 1 atom stereocenters. The maximum Gasteiger partial charge on any atom is 0.262 e. The van der Waals surface area contributed by atoms with Gasteiger partial charge in [0.15, 0.2) is 0 Å². The van der Waals surface area contributed by atoms with Gasteiger partial charge in [-0.1, -0.05) is 18.2 Å². The molecule has 0 fully saturated rings. The molecular weight excluding hydrogens is 399 g/mol. The number of aliphatic hydroxyl groups is 1. The Balaban J connectivity index is 1.53. The Bertz CT molecular complexity index is 1120. The van der Waals surface area contributed by atoms with E-state index in [1.807, 2.05) is 22.9 Å². The number of rotatable bonds is 7. The smallest absolute Gasteiger partial charge is 0.262 e. The average Bonchev–Trinajstić information content (AvgIpc) is 3.35. The minimum Gasteiger partial charge on any atom is -0.389 e. The maximum absolute atomic E-state index is 13.2. The monoisotopic (exact) mass is 416 g/mol. The predicted octanol–water partition coefficient (Wildman–Crippen LogP) is 3.90. The van der Waals surface area contributed by atoms with E-state index in [-0.39, 0.29) is 24.5 Å². The molecule has 28 heavy (non-hydrogen) atoms. The van der Waals surface area contributed by atoms with Gasteiger partial charge in [-0.05, 0) is 29.1 Å². The summed E-state index contributed by atoms with van der Waals surface area (Å²) in [6.07, 6.45) is 0.614. The molecule has 4 rings (SSSR count). The van der Waals surface area contributed by atoms with Crippen molar-refractivity contribution in [1.29, 1.82) is 0 Å². The van der Waals surface area contributed by atoms with Crippen LogP contribution >= 0.6 is 22.7 Å². The third kappa shape index (κ3) is 4.05. The van der Waals surface area contributed by atoms with Gasteiger partial charge in [0.05, 0.1) is 37.6 Å². The minimum absolute atomic E-state index is 0.0882. The molecule has 0 saturated heterocycles. The number of ether oxygens (including phenoxy) is 1. The van der Waals surface area contributed by atoms with Gasteiger partial charge in [-0.2, -0.15) is 0 Å². The molecule has 4 aromatic rings. The van der Waals surface area contributed by atoms with E-state index in [2.05, 4.69) is 4.98 Å². The van der Waals surface area contributed by atoms with E-state index in [4.69, 9.17) is 4.74 Å². The van der Waals surface area contributed by atoms with Crippen molar-refractivity contribution in [1.82, 2.24) is 9.55 Å². The topological polar surface area (TPSA) is 64.4 Å². The normalized spacial score (nSPS) is 12.5. The van der Waals surface area contributed by atoms with Crippen LogP contribution in [0, 0.1) is 5.82 Å². The summed E-state index contributed by atoms with van der Waals surface area (Å²) in [5.74, 6) is -0.329. The van der Waals surface area contributed by atoms with Crippen molar-refractivity contribution < 1.29 is 14.2 Å². The Morgan fingerprint density at radius 2 is 2.04 bits per heavy atom. The van der Waals surface area contributed by atoms with Crippen LogP contribution in [0.1, 0.15) is 4.88 Å². The van der Waals surface area contributed by atoms with E-state index in [9.17, 15) is 14.3 Å². The van der Waals surface area contributed by atoms with Crippen LogP contribution in [-0.2, 0) is 17.9 Å². The number of aromatic nitrogens is 2. The van der Waals surface area contributed by atoms with Crippen LogP contribution in [0.25, 0.3) is 21.3 Å².